The number of hydrogen-bond acceptors (Lipinski definition) is 4. The summed E-state index contributed by atoms with van der Waals surface area (Å²) in [5.74, 6) is -1.02. The minimum Gasteiger partial charge on any atom is -0.370 e. The number of halogens is 4. The molecule has 1 atom stereocenters. The molecule has 34 heavy (non-hydrogen) atoms. The van der Waals surface area contributed by atoms with Crippen LogP contribution >= 0.6 is 46.4 Å². The maximum absolute atomic E-state index is 12.9. The summed E-state index contributed by atoms with van der Waals surface area (Å²) < 4.78 is 0. The monoisotopic (exact) mass is 546 g/mol. The fourth-order valence-electron chi connectivity index (χ4n) is 2.89. The summed E-state index contributed by atoms with van der Waals surface area (Å²) in [5.41, 5.74) is 11.8. The van der Waals surface area contributed by atoms with E-state index in [9.17, 15) is 14.4 Å². The molecule has 0 radical (unpaired) electrons. The van der Waals surface area contributed by atoms with Gasteiger partial charge in [0.15, 0.2) is 5.96 Å². The van der Waals surface area contributed by atoms with Gasteiger partial charge in [-0.05, 0) is 48.7 Å². The summed E-state index contributed by atoms with van der Waals surface area (Å²) in [6, 6.07) is 6.62. The second kappa shape index (κ2) is 13.2. The molecule has 0 bridgehead atoms. The lowest BCUT2D eigenvalue weighted by Gasteiger charge is -2.19. The Labute approximate surface area is 216 Å². The van der Waals surface area contributed by atoms with Gasteiger partial charge in [-0.25, -0.2) is 0 Å². The average Bonchev–Trinajstić information content (AvgIpc) is 2.78. The standard InChI is InChI=1S/C21H22Cl4N6O3/c22-13-4-3-12(8-14(13)23)19(33)31-17(2-1-5-28-21(26)27)20(34)29-9-11-6-15(24)18(30-10-32)16(25)7-11/h3-4,6-8,10,17H,1-2,5,9H2,(H,29,34)(H,30,32)(H,31,33)(H4,26,27,28)/t17-/m1/s1. The van der Waals surface area contributed by atoms with E-state index >= 15 is 0 Å². The van der Waals surface area contributed by atoms with Crippen LogP contribution in [0.5, 0.6) is 0 Å². The first kappa shape index (κ1) is 27.5. The Kier molecular flexibility index (Phi) is 10.7. The first-order valence-corrected chi connectivity index (χ1v) is 11.4. The molecule has 2 rings (SSSR count). The largest absolute Gasteiger partial charge is 0.370 e. The van der Waals surface area contributed by atoms with Crippen LogP contribution in [0.15, 0.2) is 35.3 Å². The van der Waals surface area contributed by atoms with Crippen LogP contribution < -0.4 is 27.4 Å². The minimum atomic E-state index is -0.891. The van der Waals surface area contributed by atoms with Gasteiger partial charge >= 0.3 is 0 Å². The highest BCUT2D eigenvalue weighted by Crippen LogP contribution is 2.31. The van der Waals surface area contributed by atoms with Crippen molar-refractivity contribution in [3.8, 4) is 0 Å². The molecule has 7 N–H and O–H groups in total. The van der Waals surface area contributed by atoms with Gasteiger partial charge in [0, 0.05) is 18.7 Å². The minimum absolute atomic E-state index is 0.0675. The van der Waals surface area contributed by atoms with Crippen LogP contribution in [0, 0.1) is 0 Å². The summed E-state index contributed by atoms with van der Waals surface area (Å²) >= 11 is 24.2. The Bertz CT molecular complexity index is 1070. The van der Waals surface area contributed by atoms with Crippen molar-refractivity contribution >= 4 is 76.3 Å². The third kappa shape index (κ3) is 8.25. The summed E-state index contributed by atoms with van der Waals surface area (Å²) in [6.45, 7) is 0.359. The lowest BCUT2D eigenvalue weighted by atomic mass is 10.1. The van der Waals surface area contributed by atoms with Crippen LogP contribution in [0.25, 0.3) is 0 Å². The Morgan fingerprint density at radius 1 is 1.00 bits per heavy atom. The van der Waals surface area contributed by atoms with E-state index in [0.717, 1.165) is 0 Å². The molecule has 0 aliphatic heterocycles. The zero-order chi connectivity index (χ0) is 25.3. The van der Waals surface area contributed by atoms with Gasteiger partial charge < -0.3 is 27.4 Å². The average molecular weight is 548 g/mol. The summed E-state index contributed by atoms with van der Waals surface area (Å²) in [5, 5.41) is 8.78. The number of nitrogens with two attached hydrogens (primary N) is 2. The summed E-state index contributed by atoms with van der Waals surface area (Å²) in [7, 11) is 0. The number of amides is 3. The van der Waals surface area contributed by atoms with Crippen LogP contribution in [0.3, 0.4) is 0 Å². The molecule has 0 aliphatic rings. The van der Waals surface area contributed by atoms with E-state index in [4.69, 9.17) is 57.9 Å². The van der Waals surface area contributed by atoms with E-state index in [-0.39, 0.29) is 51.8 Å². The number of guanidine groups is 1. The van der Waals surface area contributed by atoms with E-state index in [2.05, 4.69) is 20.9 Å². The number of nitrogens with zero attached hydrogens (tertiary/aromatic N) is 1. The Morgan fingerprint density at radius 2 is 1.68 bits per heavy atom. The van der Waals surface area contributed by atoms with Crippen molar-refractivity contribution in [2.24, 2.45) is 16.5 Å². The van der Waals surface area contributed by atoms with Crippen molar-refractivity contribution in [1.29, 1.82) is 0 Å². The normalized spacial score (nSPS) is 11.3. The number of aliphatic imine (C=N–C) groups is 1. The van der Waals surface area contributed by atoms with Crippen LogP contribution in [0.4, 0.5) is 5.69 Å². The number of benzene rings is 2. The van der Waals surface area contributed by atoms with Gasteiger partial charge in [0.1, 0.15) is 6.04 Å². The SMILES string of the molecule is NC(N)=NCCC[C@@H](NC(=O)c1ccc(Cl)c(Cl)c1)C(=O)NCc1cc(Cl)c(NC=O)c(Cl)c1. The molecule has 0 aromatic heterocycles. The van der Waals surface area contributed by atoms with E-state index in [1.54, 1.807) is 12.1 Å². The van der Waals surface area contributed by atoms with Gasteiger partial charge in [-0.15, -0.1) is 0 Å². The third-order valence-corrected chi connectivity index (χ3v) is 5.86. The van der Waals surface area contributed by atoms with Crippen molar-refractivity contribution in [2.45, 2.75) is 25.4 Å². The van der Waals surface area contributed by atoms with Crippen LogP contribution in [0.2, 0.25) is 20.1 Å². The molecule has 9 nitrogen and oxygen atoms in total. The quantitative estimate of drug-likeness (QED) is 0.126. The van der Waals surface area contributed by atoms with Crippen LogP contribution in [-0.2, 0) is 16.1 Å². The van der Waals surface area contributed by atoms with E-state index in [1.807, 2.05) is 0 Å². The van der Waals surface area contributed by atoms with Crippen molar-refractivity contribution in [1.82, 2.24) is 10.6 Å². The number of nitrogens with one attached hydrogen (secondary N) is 3. The molecule has 3 amide bonds. The molecule has 0 saturated carbocycles. The van der Waals surface area contributed by atoms with Gasteiger partial charge in [0.2, 0.25) is 12.3 Å². The molecule has 0 spiro atoms. The molecule has 0 unspecified atom stereocenters. The molecule has 0 fully saturated rings. The number of carbonyl (C=O) groups is 3. The highest BCUT2D eigenvalue weighted by atomic mass is 35.5. The number of carbonyl (C=O) groups excluding carboxylic acids is 3. The van der Waals surface area contributed by atoms with Gasteiger partial charge in [0.05, 0.1) is 25.8 Å². The number of rotatable bonds is 11. The van der Waals surface area contributed by atoms with Gasteiger partial charge in [-0.1, -0.05) is 46.4 Å². The lowest BCUT2D eigenvalue weighted by molar-refractivity contribution is -0.123. The second-order valence-electron chi connectivity index (χ2n) is 7.02. The van der Waals surface area contributed by atoms with Crippen molar-refractivity contribution < 1.29 is 14.4 Å². The molecular weight excluding hydrogens is 526 g/mol. The molecular formula is C21H22Cl4N6O3. The predicted molar refractivity (Wildman–Crippen MR) is 136 cm³/mol. The molecule has 2 aromatic carbocycles. The van der Waals surface area contributed by atoms with E-state index in [0.29, 0.717) is 23.4 Å². The van der Waals surface area contributed by atoms with Gasteiger partial charge in [0.25, 0.3) is 5.91 Å². The first-order valence-electron chi connectivity index (χ1n) is 9.89. The van der Waals surface area contributed by atoms with Gasteiger partial charge in [-0.3, -0.25) is 19.4 Å². The van der Waals surface area contributed by atoms with Crippen molar-refractivity contribution in [2.75, 3.05) is 11.9 Å². The van der Waals surface area contributed by atoms with Gasteiger partial charge in [-0.2, -0.15) is 0 Å². The molecule has 2 aromatic rings. The number of anilines is 1. The van der Waals surface area contributed by atoms with E-state index < -0.39 is 17.9 Å². The molecule has 0 aliphatic carbocycles. The third-order valence-electron chi connectivity index (χ3n) is 4.52. The van der Waals surface area contributed by atoms with Crippen molar-refractivity contribution in [3.05, 3.63) is 61.5 Å². The zero-order valence-corrected chi connectivity index (χ0v) is 20.7. The fourth-order valence-corrected chi connectivity index (χ4v) is 3.83. The molecule has 0 saturated heterocycles. The summed E-state index contributed by atoms with van der Waals surface area (Å²) in [4.78, 5) is 40.1. The highest BCUT2D eigenvalue weighted by molar-refractivity contribution is 6.42. The van der Waals surface area contributed by atoms with E-state index in [1.165, 1.54) is 18.2 Å². The molecule has 0 heterocycles. The Morgan fingerprint density at radius 3 is 2.26 bits per heavy atom. The Hall–Kier alpha value is -2.72. The predicted octanol–water partition coefficient (Wildman–Crippen LogP) is 3.34. The topological polar surface area (TPSA) is 152 Å². The second-order valence-corrected chi connectivity index (χ2v) is 8.65. The Balaban J connectivity index is 2.11. The maximum atomic E-state index is 12.9. The molecule has 13 heteroatoms. The fraction of sp³-hybridized carbons (Fsp3) is 0.238. The summed E-state index contributed by atoms with van der Waals surface area (Å²) in [6.07, 6.45) is 1.15. The highest BCUT2D eigenvalue weighted by Gasteiger charge is 2.22. The molecule has 182 valence electrons. The lowest BCUT2D eigenvalue weighted by Crippen LogP contribution is -2.46. The maximum Gasteiger partial charge on any atom is 0.251 e. The number of hydrogen-bond donors (Lipinski definition) is 5. The zero-order valence-electron chi connectivity index (χ0n) is 17.7. The first-order chi connectivity index (χ1) is 16.1. The van der Waals surface area contributed by atoms with Crippen LogP contribution in [0.1, 0.15) is 28.8 Å². The van der Waals surface area contributed by atoms with Crippen molar-refractivity contribution in [3.63, 3.8) is 0 Å². The smallest absolute Gasteiger partial charge is 0.251 e. The van der Waals surface area contributed by atoms with Crippen LogP contribution in [-0.4, -0.2) is 36.8 Å².